The van der Waals surface area contributed by atoms with Gasteiger partial charge in [-0.3, -0.25) is 24.5 Å². The zero-order valence-corrected chi connectivity index (χ0v) is 35.6. The number of nitrogens with one attached hydrogen (secondary N) is 1. The van der Waals surface area contributed by atoms with Crippen molar-refractivity contribution in [3.05, 3.63) is 33.9 Å². The molecule has 2 rings (SSSR count). The molecule has 1 heterocycles. The average molecular weight is 895 g/mol. The van der Waals surface area contributed by atoms with E-state index in [2.05, 4.69) is 5.32 Å². The largest absolute Gasteiger partial charge is 0.467 e. The minimum absolute atomic E-state index is 0.100. The van der Waals surface area contributed by atoms with Crippen molar-refractivity contribution in [1.29, 1.82) is 0 Å². The Morgan fingerprint density at radius 1 is 0.645 bits per heavy atom. The number of nitrogens with zero attached hydrogens (tertiary/aromatic N) is 1. The Kier molecular flexibility index (Phi) is 27.5. The van der Waals surface area contributed by atoms with E-state index in [0.717, 1.165) is 40.0 Å². The van der Waals surface area contributed by atoms with Gasteiger partial charge in [-0.15, -0.1) is 0 Å². The van der Waals surface area contributed by atoms with Gasteiger partial charge in [0.1, 0.15) is 6.61 Å². The lowest BCUT2D eigenvalue weighted by Gasteiger charge is -2.42. The lowest BCUT2D eigenvalue weighted by Crippen LogP contribution is -2.64. The summed E-state index contributed by atoms with van der Waals surface area (Å²) in [6.07, 6.45) is -9.47. The second-order valence-electron chi connectivity index (χ2n) is 12.6. The van der Waals surface area contributed by atoms with Crippen LogP contribution in [0.25, 0.3) is 0 Å². The molecule has 0 aliphatic carbocycles. The van der Waals surface area contributed by atoms with E-state index in [4.69, 9.17) is 71.1 Å². The minimum Gasteiger partial charge on any atom is -0.467 e. The third-order valence-corrected chi connectivity index (χ3v) is 7.85. The number of alkyl carbamates (subject to hydrolysis) is 1. The van der Waals surface area contributed by atoms with Crippen LogP contribution in [-0.2, 0) is 92.1 Å². The normalized spacial score (nSPS) is 18.3. The summed E-state index contributed by atoms with van der Waals surface area (Å²) in [5.41, 5.74) is -0.453. The fourth-order valence-corrected chi connectivity index (χ4v) is 5.18. The topological polar surface area (TPSA) is 279 Å². The highest BCUT2D eigenvalue weighted by molar-refractivity contribution is 5.77. The molecule has 24 nitrogen and oxygen atoms in total. The van der Waals surface area contributed by atoms with Gasteiger partial charge < -0.3 is 76.4 Å². The smallest absolute Gasteiger partial charge is 0.407 e. The fourth-order valence-electron chi connectivity index (χ4n) is 5.18. The van der Waals surface area contributed by atoms with Crippen molar-refractivity contribution in [2.24, 2.45) is 0 Å². The van der Waals surface area contributed by atoms with Crippen LogP contribution in [0.1, 0.15) is 26.3 Å². The molecular formula is C38H58N2O22. The molecule has 0 aromatic heterocycles. The van der Waals surface area contributed by atoms with Gasteiger partial charge in [-0.1, -0.05) is 6.07 Å². The molecule has 3 unspecified atom stereocenters. The van der Waals surface area contributed by atoms with E-state index in [1.54, 1.807) is 7.11 Å². The maximum absolute atomic E-state index is 12.7. The van der Waals surface area contributed by atoms with Crippen molar-refractivity contribution in [3.8, 4) is 5.75 Å². The predicted octanol–water partition coefficient (Wildman–Crippen LogP) is 0.655. The van der Waals surface area contributed by atoms with Gasteiger partial charge >= 0.3 is 35.7 Å². The number of hydrogen-bond acceptors (Lipinski definition) is 22. The van der Waals surface area contributed by atoms with Crippen LogP contribution in [0.2, 0.25) is 0 Å². The van der Waals surface area contributed by atoms with Gasteiger partial charge in [-0.25, -0.2) is 9.59 Å². The summed E-state index contributed by atoms with van der Waals surface area (Å²) in [5, 5.41) is 14.6. The number of nitro groups is 1. The molecule has 352 valence electrons. The summed E-state index contributed by atoms with van der Waals surface area (Å²) in [5.74, 6) is -4.28. The van der Waals surface area contributed by atoms with Crippen LogP contribution in [0, 0.1) is 10.1 Å². The quantitative estimate of drug-likeness (QED) is 0.0333. The molecule has 1 N–H and O–H groups in total. The number of nitro benzene ring substituents is 1. The summed E-state index contributed by atoms with van der Waals surface area (Å²) in [4.78, 5) is 72.2. The molecule has 1 fully saturated rings. The Balaban J connectivity index is 1.68. The van der Waals surface area contributed by atoms with E-state index < -0.39 is 77.0 Å². The van der Waals surface area contributed by atoms with Gasteiger partial charge in [-0.05, 0) is 11.6 Å². The Hall–Kier alpha value is -4.79. The number of benzene rings is 1. The molecule has 1 amide bonds. The Bertz CT molecular complexity index is 1500. The molecule has 0 saturated carbocycles. The van der Waals surface area contributed by atoms with Crippen molar-refractivity contribution in [2.75, 3.05) is 120 Å². The van der Waals surface area contributed by atoms with Crippen molar-refractivity contribution in [1.82, 2.24) is 5.32 Å². The molecule has 1 saturated heterocycles. The Labute approximate surface area is 358 Å². The highest BCUT2D eigenvalue weighted by atomic mass is 16.7. The van der Waals surface area contributed by atoms with E-state index >= 15 is 0 Å². The first-order valence-electron chi connectivity index (χ1n) is 19.5. The SMILES string of the molecule is COCCOCCOCCOCCOCCOCCOCCOCCNC(=O)OCc1ccc(O[C@@H]2OC(C(=O)OC)C(OC(C)=O)[C@H](OC(C)=O)C2OC(C)=O)c([N+](=O)[O-])c1. The number of amides is 1. The molecule has 0 radical (unpaired) electrons. The molecule has 24 heteroatoms. The van der Waals surface area contributed by atoms with Gasteiger partial charge in [0.25, 0.3) is 0 Å². The maximum Gasteiger partial charge on any atom is 0.407 e. The monoisotopic (exact) mass is 894 g/mol. The molecule has 1 aliphatic rings. The van der Waals surface area contributed by atoms with E-state index in [-0.39, 0.29) is 31.9 Å². The van der Waals surface area contributed by atoms with Crippen molar-refractivity contribution in [3.63, 3.8) is 0 Å². The number of esters is 4. The zero-order valence-electron chi connectivity index (χ0n) is 35.6. The maximum atomic E-state index is 12.7. The lowest BCUT2D eigenvalue weighted by molar-refractivity contribution is -0.387. The summed E-state index contributed by atoms with van der Waals surface area (Å²) in [6.45, 7) is 8.95. The van der Waals surface area contributed by atoms with Gasteiger partial charge in [0.15, 0.2) is 24.1 Å². The van der Waals surface area contributed by atoms with Crippen LogP contribution in [0.3, 0.4) is 0 Å². The van der Waals surface area contributed by atoms with Crippen molar-refractivity contribution < 1.29 is 99.9 Å². The van der Waals surface area contributed by atoms with E-state index in [1.807, 2.05) is 0 Å². The van der Waals surface area contributed by atoms with Gasteiger partial charge in [-0.2, -0.15) is 0 Å². The predicted molar refractivity (Wildman–Crippen MR) is 207 cm³/mol. The first kappa shape index (κ1) is 53.3. The van der Waals surface area contributed by atoms with Crippen LogP contribution in [0.15, 0.2) is 18.2 Å². The fraction of sp³-hybridized carbons (Fsp3) is 0.711. The van der Waals surface area contributed by atoms with Gasteiger partial charge in [0, 0.05) is 40.5 Å². The number of carbonyl (C=O) groups excluding carboxylic acids is 5. The third kappa shape index (κ3) is 22.3. The van der Waals surface area contributed by atoms with Crippen LogP contribution in [-0.4, -0.2) is 185 Å². The lowest BCUT2D eigenvalue weighted by atomic mass is 9.97. The average Bonchev–Trinajstić information content (AvgIpc) is 3.23. The summed E-state index contributed by atoms with van der Waals surface area (Å²) in [6, 6.07) is 3.54. The van der Waals surface area contributed by atoms with Crippen molar-refractivity contribution >= 4 is 35.7 Å². The second-order valence-corrected chi connectivity index (χ2v) is 12.6. The number of ether oxygens (including phenoxy) is 15. The highest BCUT2D eigenvalue weighted by Crippen LogP contribution is 2.35. The van der Waals surface area contributed by atoms with Crippen LogP contribution >= 0.6 is 0 Å². The molecule has 0 bridgehead atoms. The Morgan fingerprint density at radius 3 is 1.55 bits per heavy atom. The summed E-state index contributed by atoms with van der Waals surface area (Å²) >= 11 is 0. The first-order chi connectivity index (χ1) is 29.9. The highest BCUT2D eigenvalue weighted by Gasteiger charge is 2.56. The molecule has 5 atom stereocenters. The number of hydrogen-bond donors (Lipinski definition) is 1. The third-order valence-electron chi connectivity index (χ3n) is 7.85. The second kappa shape index (κ2) is 32.0. The molecule has 1 aliphatic heterocycles. The van der Waals surface area contributed by atoms with E-state index in [0.29, 0.717) is 85.9 Å². The molecule has 1 aromatic carbocycles. The number of methoxy groups -OCH3 is 2. The molecule has 0 spiro atoms. The standard InChI is InChI=1S/C38H58N2O22/c1-26(41)58-32-33(59-27(2)42)35(60-28(3)43)37(62-34(32)36(44)49-5)61-31-7-6-29(24-30(31)40(46)47)25-57-38(45)39-8-9-50-12-13-52-16-17-54-20-21-56-23-22-55-19-18-53-15-14-51-11-10-48-4/h6-7,24,32-35,37H,8-23,25H2,1-5H3,(H,39,45)/t32?,33-,34?,35?,37+/m0/s1. The van der Waals surface area contributed by atoms with E-state index in [9.17, 15) is 34.1 Å². The molecular weight excluding hydrogens is 836 g/mol. The van der Waals surface area contributed by atoms with Crippen LogP contribution < -0.4 is 10.1 Å². The summed E-state index contributed by atoms with van der Waals surface area (Å²) < 4.78 is 79.8. The number of carbonyl (C=O) groups is 5. The zero-order chi connectivity index (χ0) is 45.5. The summed E-state index contributed by atoms with van der Waals surface area (Å²) in [7, 11) is 2.62. The first-order valence-corrected chi connectivity index (χ1v) is 19.5. The van der Waals surface area contributed by atoms with Crippen LogP contribution in [0.4, 0.5) is 10.5 Å². The van der Waals surface area contributed by atoms with Crippen molar-refractivity contribution in [2.45, 2.75) is 58.1 Å². The van der Waals surface area contributed by atoms with Gasteiger partial charge in [0.2, 0.25) is 12.4 Å². The minimum atomic E-state index is -1.83. The molecule has 1 aromatic rings. The Morgan fingerprint density at radius 2 is 1.10 bits per heavy atom. The number of rotatable bonds is 33. The molecule has 62 heavy (non-hydrogen) atoms. The van der Waals surface area contributed by atoms with Gasteiger partial charge in [0.05, 0.1) is 111 Å². The van der Waals surface area contributed by atoms with E-state index in [1.165, 1.54) is 6.07 Å². The van der Waals surface area contributed by atoms with Crippen LogP contribution in [0.5, 0.6) is 5.75 Å².